The lowest BCUT2D eigenvalue weighted by atomic mass is 9.85. The maximum absolute atomic E-state index is 6.75. The van der Waals surface area contributed by atoms with Crippen molar-refractivity contribution >= 4 is 205 Å². The van der Waals surface area contributed by atoms with E-state index in [9.17, 15) is 0 Å². The van der Waals surface area contributed by atoms with Gasteiger partial charge < -0.3 is 8.83 Å². The standard InChI is InChI=1S/C53H33N3O.C50H27N3OS/c1-53(2)42-24-11-9-21-39(42)48-51(53)54-49(40-23-13-22-38-35-19-10-12-25-45(35)57-50(38)40)52(55-48)56-43-27-26-37-34-18-6-5-16-32(34)33-17-7-8-20-36(33)46(37)47(43)41-28-30-14-3-4-15-31(30)29-44(41)56;1-2-13-29-27-41-39(26-28(29)12-1)45-40(25-24-35-32-16-4-3-14-30(32)31-15-5-6-18-34(31)44(35)45)53(41)50-51-47(46-37-19-8-10-23-43(37)55-49(46)52-50)38-21-11-20-36-33-17-7-9-22-42(33)54-48(36)38/h3-29H,1-2H3;1-27H. The molecule has 0 fully saturated rings. The van der Waals surface area contributed by atoms with Gasteiger partial charge in [0.2, 0.25) is 5.95 Å². The van der Waals surface area contributed by atoms with Gasteiger partial charge in [0.05, 0.1) is 39.1 Å². The predicted octanol–water partition coefficient (Wildman–Crippen LogP) is 28.2. The van der Waals surface area contributed by atoms with Crippen molar-refractivity contribution in [2.75, 3.05) is 0 Å². The summed E-state index contributed by atoms with van der Waals surface area (Å²) in [5.41, 5.74) is 15.2. The van der Waals surface area contributed by atoms with E-state index in [1.54, 1.807) is 11.3 Å². The first kappa shape index (κ1) is 61.6. The molecule has 112 heavy (non-hydrogen) atoms. The van der Waals surface area contributed by atoms with E-state index in [4.69, 9.17) is 28.8 Å². The fourth-order valence-electron chi connectivity index (χ4n) is 19.3. The van der Waals surface area contributed by atoms with E-state index in [0.29, 0.717) is 5.95 Å². The van der Waals surface area contributed by atoms with Gasteiger partial charge in [0.1, 0.15) is 32.9 Å². The Balaban J connectivity index is 0.000000127. The molecule has 1 aliphatic rings. The maximum atomic E-state index is 6.75. The predicted molar refractivity (Wildman–Crippen MR) is 469 cm³/mol. The molecule has 26 rings (SSSR count). The van der Waals surface area contributed by atoms with Gasteiger partial charge in [-0.15, -0.1) is 11.3 Å². The lowest BCUT2D eigenvalue weighted by Crippen LogP contribution is -2.18. The molecule has 0 bridgehead atoms. The molecule has 0 unspecified atom stereocenters. The van der Waals surface area contributed by atoms with Crippen molar-refractivity contribution in [3.8, 4) is 45.5 Å². The number of hydrogen-bond donors (Lipinski definition) is 0. The van der Waals surface area contributed by atoms with Crippen molar-refractivity contribution in [3.63, 3.8) is 0 Å². The van der Waals surface area contributed by atoms with Crippen LogP contribution in [0.4, 0.5) is 0 Å². The van der Waals surface area contributed by atoms with Crippen molar-refractivity contribution in [3.05, 3.63) is 339 Å². The molecule has 0 radical (unpaired) electrons. The Labute approximate surface area is 642 Å². The number of nitrogens with zero attached hydrogens (tertiary/aromatic N) is 6. The van der Waals surface area contributed by atoms with Crippen molar-refractivity contribution in [2.45, 2.75) is 19.3 Å². The Hall–Kier alpha value is -14.4. The number of rotatable bonds is 4. The van der Waals surface area contributed by atoms with Crippen molar-refractivity contribution in [1.29, 1.82) is 0 Å². The van der Waals surface area contributed by atoms with Crippen LogP contribution in [0, 0.1) is 0 Å². The zero-order valence-electron chi connectivity index (χ0n) is 60.6. The summed E-state index contributed by atoms with van der Waals surface area (Å²) in [5.74, 6) is 1.43. The van der Waals surface area contributed by atoms with Crippen molar-refractivity contribution in [1.82, 2.24) is 29.1 Å². The minimum atomic E-state index is -0.346. The largest absolute Gasteiger partial charge is 0.455 e. The topological polar surface area (TPSA) is 87.7 Å². The third-order valence-corrected chi connectivity index (χ3v) is 25.4. The zero-order valence-corrected chi connectivity index (χ0v) is 61.4. The number of benzene rings is 18. The van der Waals surface area contributed by atoms with Crippen LogP contribution in [0.1, 0.15) is 25.1 Å². The first-order valence-electron chi connectivity index (χ1n) is 38.2. The molecule has 25 aromatic rings. The average molecular weight is 1450 g/mol. The van der Waals surface area contributed by atoms with Crippen LogP contribution in [0.2, 0.25) is 0 Å². The van der Waals surface area contributed by atoms with Crippen LogP contribution in [0.5, 0.6) is 0 Å². The molecule has 1 aliphatic carbocycles. The minimum absolute atomic E-state index is 0.346. The monoisotopic (exact) mass is 1440 g/mol. The third kappa shape index (κ3) is 8.49. The van der Waals surface area contributed by atoms with Gasteiger partial charge in [0, 0.05) is 91.4 Å². The first-order chi connectivity index (χ1) is 55.3. The summed E-state index contributed by atoms with van der Waals surface area (Å²) in [6, 6.07) is 118. The van der Waals surface area contributed by atoms with E-state index in [0.717, 1.165) is 127 Å². The number of aromatic nitrogens is 6. The molecule has 0 saturated carbocycles. The van der Waals surface area contributed by atoms with Gasteiger partial charge in [0.25, 0.3) is 0 Å². The Morgan fingerprint density at radius 1 is 0.277 bits per heavy atom. The summed E-state index contributed by atoms with van der Waals surface area (Å²) in [6.07, 6.45) is 0. The fraction of sp³-hybridized carbons (Fsp3) is 0.0291. The molecule has 0 aliphatic heterocycles. The summed E-state index contributed by atoms with van der Waals surface area (Å²) < 4.78 is 19.3. The fourth-order valence-corrected chi connectivity index (χ4v) is 20.4. The lowest BCUT2D eigenvalue weighted by molar-refractivity contribution is 0.634. The molecule has 8 nitrogen and oxygen atoms in total. The molecule has 0 atom stereocenters. The van der Waals surface area contributed by atoms with E-state index in [1.807, 2.05) is 24.3 Å². The van der Waals surface area contributed by atoms with Gasteiger partial charge in [-0.2, -0.15) is 0 Å². The van der Waals surface area contributed by atoms with Crippen LogP contribution in [0.3, 0.4) is 0 Å². The highest BCUT2D eigenvalue weighted by Gasteiger charge is 2.40. The summed E-state index contributed by atoms with van der Waals surface area (Å²) in [7, 11) is 0. The highest BCUT2D eigenvalue weighted by Crippen LogP contribution is 2.53. The molecule has 7 aromatic heterocycles. The van der Waals surface area contributed by atoms with E-state index < -0.39 is 0 Å². The molecular weight excluding hydrogens is 1390 g/mol. The number of fused-ring (bicyclic) bond motifs is 34. The van der Waals surface area contributed by atoms with Gasteiger partial charge in [-0.05, 0) is 148 Å². The van der Waals surface area contributed by atoms with E-state index in [2.05, 4.69) is 326 Å². The second-order valence-corrected chi connectivity index (χ2v) is 31.6. The van der Waals surface area contributed by atoms with Crippen LogP contribution in [-0.4, -0.2) is 29.1 Å². The molecule has 18 aromatic carbocycles. The molecule has 9 heteroatoms. The van der Waals surface area contributed by atoms with Crippen molar-refractivity contribution in [2.24, 2.45) is 0 Å². The maximum Gasteiger partial charge on any atom is 0.236 e. The van der Waals surface area contributed by atoms with Crippen LogP contribution in [0.25, 0.3) is 240 Å². The molecule has 0 saturated heterocycles. The summed E-state index contributed by atoms with van der Waals surface area (Å²) in [5, 5.41) is 31.1. The first-order valence-corrected chi connectivity index (χ1v) is 39.1. The van der Waals surface area contributed by atoms with Gasteiger partial charge in [-0.1, -0.05) is 275 Å². The Kier molecular flexibility index (Phi) is 12.6. The van der Waals surface area contributed by atoms with Crippen LogP contribution < -0.4 is 0 Å². The molecule has 0 spiro atoms. The van der Waals surface area contributed by atoms with E-state index in [1.165, 1.54) is 118 Å². The Morgan fingerprint density at radius 3 is 1.24 bits per heavy atom. The van der Waals surface area contributed by atoms with Gasteiger partial charge in [-0.3, -0.25) is 9.13 Å². The number of thiophene rings is 1. The number of furan rings is 2. The van der Waals surface area contributed by atoms with Crippen molar-refractivity contribution < 1.29 is 8.83 Å². The quantitative estimate of drug-likeness (QED) is 0.163. The van der Waals surface area contributed by atoms with E-state index >= 15 is 0 Å². The normalized spacial score (nSPS) is 13.0. The third-order valence-electron chi connectivity index (χ3n) is 24.3. The zero-order chi connectivity index (χ0) is 73.3. The minimum Gasteiger partial charge on any atom is -0.455 e. The summed E-state index contributed by atoms with van der Waals surface area (Å²) in [4.78, 5) is 23.6. The molecular formula is C103H60N6O2S. The Morgan fingerprint density at radius 2 is 0.688 bits per heavy atom. The molecule has 7 heterocycles. The summed E-state index contributed by atoms with van der Waals surface area (Å²) in [6.45, 7) is 4.54. The smallest absolute Gasteiger partial charge is 0.236 e. The SMILES string of the molecule is CC1(C)c2ccccc2-c2nc(-n3c4cc5ccccc5cc4c4c5c6ccccc6c6ccccc6c5ccc43)c(-c3cccc4c3oc3ccccc34)nc21.c1ccc2cc3c(cc2c1)c1c2c4ccccc4c4ccccc4c2ccc1n3-c1nc(-c2cccc3c2oc2ccccc23)c2c(n1)sc1ccccc12. The second-order valence-electron chi connectivity index (χ2n) is 30.5. The summed E-state index contributed by atoms with van der Waals surface area (Å²) >= 11 is 1.72. The second kappa shape index (κ2) is 22.9. The lowest BCUT2D eigenvalue weighted by Gasteiger charge is -2.21. The Bertz CT molecular complexity index is 8450. The number of para-hydroxylation sites is 4. The van der Waals surface area contributed by atoms with Gasteiger partial charge in [-0.25, -0.2) is 19.9 Å². The molecule has 0 amide bonds. The molecule has 520 valence electrons. The van der Waals surface area contributed by atoms with Crippen LogP contribution >= 0.6 is 11.3 Å². The highest BCUT2D eigenvalue weighted by atomic mass is 32.1. The number of hydrogen-bond acceptors (Lipinski definition) is 7. The average Bonchev–Trinajstić information content (AvgIpc) is 1.50. The van der Waals surface area contributed by atoms with E-state index in [-0.39, 0.29) is 5.41 Å². The highest BCUT2D eigenvalue weighted by molar-refractivity contribution is 7.25. The van der Waals surface area contributed by atoms with Gasteiger partial charge in [0.15, 0.2) is 5.82 Å². The van der Waals surface area contributed by atoms with Crippen LogP contribution in [-0.2, 0) is 5.41 Å². The van der Waals surface area contributed by atoms with Crippen LogP contribution in [0.15, 0.2) is 336 Å². The molecule has 0 N–H and O–H groups in total. The van der Waals surface area contributed by atoms with Gasteiger partial charge >= 0.3 is 0 Å².